The third-order valence-corrected chi connectivity index (χ3v) is 3.16. The predicted molar refractivity (Wildman–Crippen MR) is 67.6 cm³/mol. The van der Waals surface area contributed by atoms with Crippen molar-refractivity contribution < 1.29 is 18.3 Å². The number of amides is 1. The minimum atomic E-state index is -2.51. The van der Waals surface area contributed by atoms with E-state index in [1.54, 1.807) is 6.07 Å². The maximum atomic E-state index is 12.5. The Hall–Kier alpha value is -1.65. The molecule has 1 amide bonds. The maximum Gasteiger partial charge on any atom is 0.255 e. The topological polar surface area (TPSA) is 29.5 Å². The van der Waals surface area contributed by atoms with Gasteiger partial charge in [-0.05, 0) is 12.5 Å². The average molecular weight is 269 g/mol. The van der Waals surface area contributed by atoms with E-state index in [1.807, 2.05) is 25.1 Å². The zero-order valence-electron chi connectivity index (χ0n) is 10.8. The Morgan fingerprint density at radius 3 is 2.89 bits per heavy atom. The number of carbonyl (C=O) groups is 1. The summed E-state index contributed by atoms with van der Waals surface area (Å²) in [6.45, 7) is 1.94. The van der Waals surface area contributed by atoms with Crippen LogP contribution in [0.4, 0.5) is 8.78 Å². The monoisotopic (exact) mass is 269 g/mol. The number of halogens is 2. The average Bonchev–Trinajstić information content (AvgIpc) is 2.80. The van der Waals surface area contributed by atoms with Crippen LogP contribution in [-0.4, -0.2) is 36.9 Å². The Labute approximate surface area is 111 Å². The molecule has 1 aromatic carbocycles. The van der Waals surface area contributed by atoms with E-state index in [1.165, 1.54) is 4.90 Å². The molecule has 0 fully saturated rings. The Morgan fingerprint density at radius 1 is 1.47 bits per heavy atom. The lowest BCUT2D eigenvalue weighted by Crippen LogP contribution is -2.39. The van der Waals surface area contributed by atoms with Crippen molar-refractivity contribution in [2.24, 2.45) is 0 Å². The molecule has 0 radical (unpaired) electrons. The fourth-order valence-corrected chi connectivity index (χ4v) is 2.32. The standard InChI is InChI=1S/C14H17F2NO2/c1-2-7-17(8-13(15)16)14(18)11-9-19-12-6-4-3-5-10(11)12/h3-6,11,13H,2,7-9H2,1H3. The number of alkyl halides is 2. The highest BCUT2D eigenvalue weighted by Gasteiger charge is 2.33. The van der Waals surface area contributed by atoms with E-state index in [-0.39, 0.29) is 12.5 Å². The largest absolute Gasteiger partial charge is 0.492 e. The van der Waals surface area contributed by atoms with Crippen LogP contribution in [-0.2, 0) is 4.79 Å². The Balaban J connectivity index is 2.14. The van der Waals surface area contributed by atoms with Gasteiger partial charge in [-0.25, -0.2) is 8.78 Å². The SMILES string of the molecule is CCCN(CC(F)F)C(=O)C1COc2ccccc21. The van der Waals surface area contributed by atoms with Crippen LogP contribution >= 0.6 is 0 Å². The molecule has 1 aliphatic rings. The van der Waals surface area contributed by atoms with Crippen LogP contribution in [0.3, 0.4) is 0 Å². The molecule has 19 heavy (non-hydrogen) atoms. The molecule has 0 N–H and O–H groups in total. The van der Waals surface area contributed by atoms with Gasteiger partial charge in [-0.3, -0.25) is 4.79 Å². The second kappa shape index (κ2) is 5.99. The molecule has 1 aliphatic heterocycles. The molecule has 0 aromatic heterocycles. The predicted octanol–water partition coefficient (Wildman–Crippen LogP) is 2.67. The van der Waals surface area contributed by atoms with Crippen molar-refractivity contribution in [2.45, 2.75) is 25.7 Å². The van der Waals surface area contributed by atoms with Crippen molar-refractivity contribution in [1.82, 2.24) is 4.90 Å². The van der Waals surface area contributed by atoms with E-state index >= 15 is 0 Å². The van der Waals surface area contributed by atoms with Gasteiger partial charge in [0.1, 0.15) is 18.3 Å². The highest BCUT2D eigenvalue weighted by molar-refractivity contribution is 5.85. The van der Waals surface area contributed by atoms with Gasteiger partial charge in [0.2, 0.25) is 5.91 Å². The van der Waals surface area contributed by atoms with E-state index < -0.39 is 18.9 Å². The number of hydrogen-bond acceptors (Lipinski definition) is 2. The second-order valence-corrected chi connectivity index (χ2v) is 4.58. The highest BCUT2D eigenvalue weighted by atomic mass is 19.3. The second-order valence-electron chi connectivity index (χ2n) is 4.58. The molecule has 0 saturated heterocycles. The summed E-state index contributed by atoms with van der Waals surface area (Å²) in [5, 5.41) is 0. The van der Waals surface area contributed by atoms with Crippen LogP contribution < -0.4 is 4.74 Å². The Morgan fingerprint density at radius 2 is 2.21 bits per heavy atom. The molecule has 3 nitrogen and oxygen atoms in total. The molecule has 5 heteroatoms. The Bertz CT molecular complexity index is 451. The molecule has 0 saturated carbocycles. The lowest BCUT2D eigenvalue weighted by Gasteiger charge is -2.24. The number of rotatable bonds is 5. The van der Waals surface area contributed by atoms with Gasteiger partial charge >= 0.3 is 0 Å². The zero-order chi connectivity index (χ0) is 13.8. The van der Waals surface area contributed by atoms with Crippen LogP contribution in [0.5, 0.6) is 5.75 Å². The normalized spacial score (nSPS) is 17.2. The van der Waals surface area contributed by atoms with Crippen molar-refractivity contribution >= 4 is 5.91 Å². The van der Waals surface area contributed by atoms with Gasteiger partial charge < -0.3 is 9.64 Å². The fourth-order valence-electron chi connectivity index (χ4n) is 2.32. The molecule has 2 rings (SSSR count). The van der Waals surface area contributed by atoms with Gasteiger partial charge in [0.25, 0.3) is 6.43 Å². The first kappa shape index (κ1) is 13.8. The summed E-state index contributed by atoms with van der Waals surface area (Å²) >= 11 is 0. The van der Waals surface area contributed by atoms with Crippen molar-refractivity contribution in [2.75, 3.05) is 19.7 Å². The Kier molecular flexibility index (Phi) is 4.35. The van der Waals surface area contributed by atoms with Gasteiger partial charge in [-0.1, -0.05) is 25.1 Å². The molecule has 1 atom stereocenters. The fraction of sp³-hybridized carbons (Fsp3) is 0.500. The molecule has 1 aromatic rings. The quantitative estimate of drug-likeness (QED) is 0.822. The molecule has 104 valence electrons. The van der Waals surface area contributed by atoms with E-state index in [4.69, 9.17) is 4.74 Å². The van der Waals surface area contributed by atoms with Crippen LogP contribution in [0, 0.1) is 0 Å². The summed E-state index contributed by atoms with van der Waals surface area (Å²) in [5.41, 5.74) is 0.794. The first-order valence-electron chi connectivity index (χ1n) is 6.42. The van der Waals surface area contributed by atoms with Crippen LogP contribution in [0.1, 0.15) is 24.8 Å². The van der Waals surface area contributed by atoms with Crippen molar-refractivity contribution in [3.05, 3.63) is 29.8 Å². The molecule has 1 heterocycles. The van der Waals surface area contributed by atoms with Gasteiger partial charge in [-0.15, -0.1) is 0 Å². The third-order valence-electron chi connectivity index (χ3n) is 3.16. The van der Waals surface area contributed by atoms with Crippen LogP contribution in [0.15, 0.2) is 24.3 Å². The number of benzene rings is 1. The van der Waals surface area contributed by atoms with Gasteiger partial charge in [0, 0.05) is 12.1 Å². The summed E-state index contributed by atoms with van der Waals surface area (Å²) in [7, 11) is 0. The molecule has 0 bridgehead atoms. The smallest absolute Gasteiger partial charge is 0.255 e. The molecule has 1 unspecified atom stereocenters. The first-order chi connectivity index (χ1) is 9.13. The van der Waals surface area contributed by atoms with Gasteiger partial charge in [0.05, 0.1) is 6.54 Å². The first-order valence-corrected chi connectivity index (χ1v) is 6.42. The minimum Gasteiger partial charge on any atom is -0.492 e. The number of carbonyl (C=O) groups excluding carboxylic acids is 1. The summed E-state index contributed by atoms with van der Waals surface area (Å²) in [4.78, 5) is 13.6. The lowest BCUT2D eigenvalue weighted by molar-refractivity contribution is -0.135. The van der Waals surface area contributed by atoms with E-state index in [9.17, 15) is 13.6 Å². The van der Waals surface area contributed by atoms with Crippen LogP contribution in [0.2, 0.25) is 0 Å². The maximum absolute atomic E-state index is 12.5. The van der Waals surface area contributed by atoms with Gasteiger partial charge in [0.15, 0.2) is 0 Å². The van der Waals surface area contributed by atoms with Crippen molar-refractivity contribution in [3.8, 4) is 5.75 Å². The summed E-state index contributed by atoms with van der Waals surface area (Å²) in [6.07, 6.45) is -1.85. The lowest BCUT2D eigenvalue weighted by atomic mass is 10.00. The zero-order valence-corrected chi connectivity index (χ0v) is 10.8. The van der Waals surface area contributed by atoms with E-state index in [2.05, 4.69) is 0 Å². The molecule has 0 aliphatic carbocycles. The number of hydrogen-bond donors (Lipinski definition) is 0. The molecular weight excluding hydrogens is 252 g/mol. The van der Waals surface area contributed by atoms with Gasteiger partial charge in [-0.2, -0.15) is 0 Å². The van der Waals surface area contributed by atoms with E-state index in [0.29, 0.717) is 18.7 Å². The minimum absolute atomic E-state index is 0.238. The molecule has 0 spiro atoms. The highest BCUT2D eigenvalue weighted by Crippen LogP contribution is 2.34. The number of para-hydroxylation sites is 1. The van der Waals surface area contributed by atoms with Crippen molar-refractivity contribution in [1.29, 1.82) is 0 Å². The number of ether oxygens (including phenoxy) is 1. The molecular formula is C14H17F2NO2. The van der Waals surface area contributed by atoms with Crippen LogP contribution in [0.25, 0.3) is 0 Å². The number of nitrogens with zero attached hydrogens (tertiary/aromatic N) is 1. The van der Waals surface area contributed by atoms with E-state index in [0.717, 1.165) is 5.56 Å². The summed E-state index contributed by atoms with van der Waals surface area (Å²) < 4.78 is 30.5. The third kappa shape index (κ3) is 3.03. The summed E-state index contributed by atoms with van der Waals surface area (Å²) in [5.74, 6) is -0.0528. The number of fused-ring (bicyclic) bond motifs is 1. The summed E-state index contributed by atoms with van der Waals surface area (Å²) in [6, 6.07) is 7.26. The van der Waals surface area contributed by atoms with Crippen molar-refractivity contribution in [3.63, 3.8) is 0 Å².